The number of halogens is 2. The van der Waals surface area contributed by atoms with Crippen LogP contribution in [0.25, 0.3) is 0 Å². The average molecular weight is 301 g/mol. The largest absolute Gasteiger partial charge is 0.484 e. The van der Waals surface area contributed by atoms with Gasteiger partial charge in [-0.05, 0) is 18.2 Å². The summed E-state index contributed by atoms with van der Waals surface area (Å²) in [4.78, 5) is 10.9. The summed E-state index contributed by atoms with van der Waals surface area (Å²) in [5, 5.41) is 12.7. The van der Waals surface area contributed by atoms with E-state index < -0.39 is 5.91 Å². The Morgan fingerprint density at radius 1 is 1.53 bits per heavy atom. The lowest BCUT2D eigenvalue weighted by molar-refractivity contribution is -0.120. The van der Waals surface area contributed by atoms with Crippen molar-refractivity contribution in [2.75, 3.05) is 6.61 Å². The van der Waals surface area contributed by atoms with Crippen molar-refractivity contribution in [2.45, 2.75) is 6.42 Å². The van der Waals surface area contributed by atoms with Gasteiger partial charge in [-0.25, -0.2) is 5.43 Å². The van der Waals surface area contributed by atoms with E-state index in [9.17, 15) is 4.79 Å². The topological polar surface area (TPSA) is 100 Å². The maximum atomic E-state index is 10.9. The van der Waals surface area contributed by atoms with Gasteiger partial charge >= 0.3 is 0 Å². The van der Waals surface area contributed by atoms with E-state index in [1.165, 1.54) is 6.07 Å². The van der Waals surface area contributed by atoms with Gasteiger partial charge in [0.25, 0.3) is 5.91 Å². The van der Waals surface area contributed by atoms with Gasteiger partial charge in [-0.15, -0.1) is 0 Å². The summed E-state index contributed by atoms with van der Waals surface area (Å²) >= 11 is 11.6. The van der Waals surface area contributed by atoms with Gasteiger partial charge in [0.2, 0.25) is 0 Å². The van der Waals surface area contributed by atoms with Crippen LogP contribution < -0.4 is 15.9 Å². The van der Waals surface area contributed by atoms with Gasteiger partial charge in [0.05, 0.1) is 11.1 Å². The molecule has 0 atom stereocenters. The zero-order valence-corrected chi connectivity index (χ0v) is 11.2. The van der Waals surface area contributed by atoms with Crippen LogP contribution in [0.4, 0.5) is 0 Å². The second-order valence-corrected chi connectivity index (χ2v) is 4.18. The van der Waals surface area contributed by atoms with Crippen LogP contribution in [0.15, 0.2) is 23.3 Å². The average Bonchev–Trinajstić information content (AvgIpc) is 2.35. The first-order chi connectivity index (χ1) is 9.02. The molecular formula is C11H10Cl2N4O2. The molecule has 0 fully saturated rings. The van der Waals surface area contributed by atoms with Crippen molar-refractivity contribution >= 4 is 34.9 Å². The molecule has 0 saturated heterocycles. The number of benzene rings is 1. The highest BCUT2D eigenvalue weighted by atomic mass is 35.5. The molecule has 8 heteroatoms. The third-order valence-electron chi connectivity index (χ3n) is 1.83. The first-order valence-electron chi connectivity index (χ1n) is 5.08. The molecule has 100 valence electrons. The number of rotatable bonds is 5. The standard InChI is InChI=1S/C11H10Cl2N4O2/c12-7-1-2-9(8(13)5-7)19-6-10(15)16-17-11(18)3-4-14/h1-2,5H,3,6H2,(H2,15,16)(H,17,18). The Morgan fingerprint density at radius 3 is 2.89 bits per heavy atom. The number of hydrogen-bond donors (Lipinski definition) is 2. The van der Waals surface area contributed by atoms with Gasteiger partial charge in [0, 0.05) is 5.02 Å². The number of amidine groups is 1. The van der Waals surface area contributed by atoms with Crippen LogP contribution >= 0.6 is 23.2 Å². The number of nitriles is 1. The SMILES string of the molecule is N#CCC(=O)N/N=C(/N)COc1ccc(Cl)cc1Cl. The molecule has 0 unspecified atom stereocenters. The molecule has 0 bridgehead atoms. The maximum absolute atomic E-state index is 10.9. The highest BCUT2D eigenvalue weighted by molar-refractivity contribution is 6.35. The number of ether oxygens (including phenoxy) is 1. The molecule has 0 aliphatic carbocycles. The third kappa shape index (κ3) is 5.46. The smallest absolute Gasteiger partial charge is 0.254 e. The van der Waals surface area contributed by atoms with Crippen LogP contribution in [0.1, 0.15) is 6.42 Å². The minimum atomic E-state index is -0.546. The molecule has 0 heterocycles. The number of nitrogens with one attached hydrogen (secondary N) is 1. The predicted molar refractivity (Wildman–Crippen MR) is 72.0 cm³/mol. The van der Waals surface area contributed by atoms with Gasteiger partial charge in [0.1, 0.15) is 18.8 Å². The van der Waals surface area contributed by atoms with E-state index in [-0.39, 0.29) is 18.9 Å². The fourth-order valence-electron chi connectivity index (χ4n) is 1.02. The van der Waals surface area contributed by atoms with Crippen LogP contribution in [0, 0.1) is 11.3 Å². The Labute approximate surface area is 119 Å². The lowest BCUT2D eigenvalue weighted by atomic mass is 10.3. The van der Waals surface area contributed by atoms with Crippen molar-refractivity contribution in [3.8, 4) is 11.8 Å². The number of hydrogen-bond acceptors (Lipinski definition) is 4. The predicted octanol–water partition coefficient (Wildman–Crippen LogP) is 1.67. The highest BCUT2D eigenvalue weighted by Crippen LogP contribution is 2.27. The van der Waals surface area contributed by atoms with E-state index in [0.29, 0.717) is 15.8 Å². The molecule has 0 saturated carbocycles. The number of hydrazone groups is 1. The molecule has 0 radical (unpaired) electrons. The number of nitrogens with zero attached hydrogens (tertiary/aromatic N) is 2. The third-order valence-corrected chi connectivity index (χ3v) is 2.36. The minimum absolute atomic E-state index is 0.0392. The Morgan fingerprint density at radius 2 is 2.26 bits per heavy atom. The van der Waals surface area contributed by atoms with Crippen LogP contribution in [0.3, 0.4) is 0 Å². The van der Waals surface area contributed by atoms with E-state index in [4.69, 9.17) is 38.9 Å². The van der Waals surface area contributed by atoms with Crippen LogP contribution in [-0.4, -0.2) is 18.3 Å². The fourth-order valence-corrected chi connectivity index (χ4v) is 1.48. The molecule has 1 rings (SSSR count). The molecule has 6 nitrogen and oxygen atoms in total. The van der Waals surface area contributed by atoms with E-state index >= 15 is 0 Å². The lowest BCUT2D eigenvalue weighted by Gasteiger charge is -2.07. The number of nitrogens with two attached hydrogens (primary N) is 1. The summed E-state index contributed by atoms with van der Waals surface area (Å²) in [6.45, 7) is -0.0613. The van der Waals surface area contributed by atoms with Crippen LogP contribution in [0.5, 0.6) is 5.75 Å². The fraction of sp³-hybridized carbons (Fsp3) is 0.182. The summed E-state index contributed by atoms with van der Waals surface area (Å²) in [7, 11) is 0. The van der Waals surface area contributed by atoms with E-state index in [1.54, 1.807) is 18.2 Å². The van der Waals surface area contributed by atoms with E-state index in [2.05, 4.69) is 10.5 Å². The van der Waals surface area contributed by atoms with Gasteiger partial charge in [-0.1, -0.05) is 23.2 Å². The maximum Gasteiger partial charge on any atom is 0.254 e. The first kappa shape index (κ1) is 15.1. The summed E-state index contributed by atoms with van der Waals surface area (Å²) in [6, 6.07) is 6.41. The molecule has 3 N–H and O–H groups in total. The van der Waals surface area contributed by atoms with Gasteiger partial charge in [0.15, 0.2) is 5.84 Å². The number of carbonyl (C=O) groups excluding carboxylic acids is 1. The molecule has 0 aromatic heterocycles. The van der Waals surface area contributed by atoms with E-state index in [0.717, 1.165) is 0 Å². The van der Waals surface area contributed by atoms with Crippen molar-refractivity contribution in [2.24, 2.45) is 10.8 Å². The van der Waals surface area contributed by atoms with E-state index in [1.807, 2.05) is 0 Å². The van der Waals surface area contributed by atoms with Crippen molar-refractivity contribution < 1.29 is 9.53 Å². The zero-order valence-electron chi connectivity index (χ0n) is 9.69. The number of carbonyl (C=O) groups is 1. The molecule has 1 aromatic rings. The van der Waals surface area contributed by atoms with Gasteiger partial charge < -0.3 is 10.5 Å². The quantitative estimate of drug-likeness (QED) is 0.491. The monoisotopic (exact) mass is 300 g/mol. The minimum Gasteiger partial charge on any atom is -0.484 e. The van der Waals surface area contributed by atoms with Gasteiger partial charge in [-0.2, -0.15) is 10.4 Å². The van der Waals surface area contributed by atoms with Crippen molar-refractivity contribution in [1.82, 2.24) is 5.43 Å². The summed E-state index contributed by atoms with van der Waals surface area (Å²) in [5.74, 6) is -0.111. The lowest BCUT2D eigenvalue weighted by Crippen LogP contribution is -2.27. The summed E-state index contributed by atoms with van der Waals surface area (Å²) in [5.41, 5.74) is 7.61. The van der Waals surface area contributed by atoms with Crippen LogP contribution in [-0.2, 0) is 4.79 Å². The zero-order chi connectivity index (χ0) is 14.3. The van der Waals surface area contributed by atoms with Crippen molar-refractivity contribution in [3.63, 3.8) is 0 Å². The molecule has 0 aliphatic heterocycles. The van der Waals surface area contributed by atoms with Gasteiger partial charge in [-0.3, -0.25) is 4.79 Å². The molecule has 1 amide bonds. The highest BCUT2D eigenvalue weighted by Gasteiger charge is 2.04. The normalized spacial score (nSPS) is 10.7. The second kappa shape index (κ2) is 7.46. The molecular weight excluding hydrogens is 291 g/mol. The number of amides is 1. The summed E-state index contributed by atoms with van der Waals surface area (Å²) in [6.07, 6.45) is -0.291. The Kier molecular flexibility index (Phi) is 5.93. The van der Waals surface area contributed by atoms with Crippen molar-refractivity contribution in [3.05, 3.63) is 28.2 Å². The second-order valence-electron chi connectivity index (χ2n) is 3.34. The van der Waals surface area contributed by atoms with Crippen LogP contribution in [0.2, 0.25) is 10.0 Å². The molecule has 1 aromatic carbocycles. The first-order valence-corrected chi connectivity index (χ1v) is 5.84. The summed E-state index contributed by atoms with van der Waals surface area (Å²) < 4.78 is 5.28. The molecule has 0 spiro atoms. The Hall–Kier alpha value is -1.97. The van der Waals surface area contributed by atoms with Crippen molar-refractivity contribution in [1.29, 1.82) is 5.26 Å². The molecule has 0 aliphatic rings. The Bertz CT molecular complexity index is 540. The molecule has 19 heavy (non-hydrogen) atoms. The Balaban J connectivity index is 2.50.